The van der Waals surface area contributed by atoms with Crippen LogP contribution < -0.4 is 0 Å². The van der Waals surface area contributed by atoms with Gasteiger partial charge in [0.1, 0.15) is 11.5 Å². The van der Waals surface area contributed by atoms with Crippen molar-refractivity contribution in [2.75, 3.05) is 13.1 Å². The van der Waals surface area contributed by atoms with Gasteiger partial charge in [-0.2, -0.15) is 0 Å². The summed E-state index contributed by atoms with van der Waals surface area (Å²) in [6.07, 6.45) is 3.61. The number of aliphatic hydroxyl groups is 1. The number of nitrogens with one attached hydrogen (secondary N) is 1. The molecule has 1 aliphatic carbocycles. The number of hydrogen-bond donors (Lipinski definition) is 2. The van der Waals surface area contributed by atoms with Gasteiger partial charge >= 0.3 is 0 Å². The van der Waals surface area contributed by atoms with Crippen LogP contribution in [0.4, 0.5) is 4.39 Å². The minimum Gasteiger partial charge on any atom is -0.390 e. The number of piperidine rings is 1. The van der Waals surface area contributed by atoms with Gasteiger partial charge in [0.2, 0.25) is 0 Å². The summed E-state index contributed by atoms with van der Waals surface area (Å²) in [5.74, 6) is -0.164. The van der Waals surface area contributed by atoms with E-state index in [1.807, 2.05) is 11.8 Å². The number of benzene rings is 1. The molecule has 2 N–H and O–H groups in total. The fraction of sp³-hybridized carbons (Fsp3) is 0.500. The molecule has 1 saturated carbocycles. The van der Waals surface area contributed by atoms with E-state index >= 15 is 0 Å². The van der Waals surface area contributed by atoms with E-state index in [0.717, 1.165) is 42.1 Å². The second-order valence-corrected chi connectivity index (χ2v) is 7.01. The van der Waals surface area contributed by atoms with Gasteiger partial charge in [0.25, 0.3) is 5.91 Å². The number of hydrogen-bond acceptors (Lipinski definition) is 2. The first-order valence-electron chi connectivity index (χ1n) is 8.27. The second kappa shape index (κ2) is 5.06. The predicted octanol–water partition coefficient (Wildman–Crippen LogP) is 2.99. The minimum absolute atomic E-state index is 0.0481. The molecule has 1 unspecified atom stereocenters. The summed E-state index contributed by atoms with van der Waals surface area (Å²) in [7, 11) is 0. The largest absolute Gasteiger partial charge is 0.390 e. The van der Waals surface area contributed by atoms with Gasteiger partial charge in [0.05, 0.1) is 5.60 Å². The number of H-pyrrole nitrogens is 1. The lowest BCUT2D eigenvalue weighted by molar-refractivity contribution is 0.0279. The van der Waals surface area contributed by atoms with Crippen molar-refractivity contribution >= 4 is 16.8 Å². The molecular weight excluding hydrogens is 295 g/mol. The topological polar surface area (TPSA) is 56.3 Å². The summed E-state index contributed by atoms with van der Waals surface area (Å²) in [5.41, 5.74) is 1.56. The van der Waals surface area contributed by atoms with Crippen LogP contribution in [0.1, 0.15) is 41.7 Å². The maximum atomic E-state index is 13.4. The molecule has 1 aromatic carbocycles. The van der Waals surface area contributed by atoms with Gasteiger partial charge in [0.15, 0.2) is 0 Å². The summed E-state index contributed by atoms with van der Waals surface area (Å²) in [6, 6.07) is 4.52. The molecule has 122 valence electrons. The molecule has 2 aromatic rings. The molecule has 2 fully saturated rings. The molecule has 1 saturated heterocycles. The summed E-state index contributed by atoms with van der Waals surface area (Å²) >= 11 is 0. The molecule has 1 amide bonds. The molecule has 0 radical (unpaired) electrons. The number of aryl methyl sites for hydroxylation is 1. The van der Waals surface area contributed by atoms with Crippen LogP contribution in [-0.4, -0.2) is 39.6 Å². The normalized spacial score (nSPS) is 23.3. The summed E-state index contributed by atoms with van der Waals surface area (Å²) < 4.78 is 13.4. The lowest BCUT2D eigenvalue weighted by Gasteiger charge is -2.35. The lowest BCUT2D eigenvalue weighted by Crippen LogP contribution is -2.44. The Balaban J connectivity index is 1.62. The Morgan fingerprint density at radius 3 is 2.96 bits per heavy atom. The summed E-state index contributed by atoms with van der Waals surface area (Å²) in [5, 5.41) is 11.1. The van der Waals surface area contributed by atoms with E-state index in [4.69, 9.17) is 0 Å². The van der Waals surface area contributed by atoms with Crippen LogP contribution in [-0.2, 0) is 0 Å². The second-order valence-electron chi connectivity index (χ2n) is 7.01. The van der Waals surface area contributed by atoms with E-state index in [1.165, 1.54) is 12.1 Å². The number of rotatable bonds is 2. The van der Waals surface area contributed by atoms with Crippen LogP contribution in [0.25, 0.3) is 10.9 Å². The molecule has 0 bridgehead atoms. The van der Waals surface area contributed by atoms with Crippen molar-refractivity contribution < 1.29 is 14.3 Å². The van der Waals surface area contributed by atoms with Crippen molar-refractivity contribution in [3.63, 3.8) is 0 Å². The van der Waals surface area contributed by atoms with E-state index in [-0.39, 0.29) is 17.6 Å². The first kappa shape index (κ1) is 14.7. The zero-order valence-electron chi connectivity index (χ0n) is 13.2. The summed E-state index contributed by atoms with van der Waals surface area (Å²) in [6.45, 7) is 3.18. The number of fused-ring (bicyclic) bond motifs is 1. The predicted molar refractivity (Wildman–Crippen MR) is 85.8 cm³/mol. The van der Waals surface area contributed by atoms with Gasteiger partial charge in [-0.3, -0.25) is 4.79 Å². The number of likely N-dealkylation sites (tertiary alicyclic amines) is 1. The zero-order valence-corrected chi connectivity index (χ0v) is 13.2. The van der Waals surface area contributed by atoms with E-state index in [9.17, 15) is 14.3 Å². The van der Waals surface area contributed by atoms with Crippen molar-refractivity contribution in [2.24, 2.45) is 5.92 Å². The molecule has 4 rings (SSSR count). The van der Waals surface area contributed by atoms with Crippen molar-refractivity contribution in [1.82, 2.24) is 9.88 Å². The molecule has 23 heavy (non-hydrogen) atoms. The quantitative estimate of drug-likeness (QED) is 0.895. The minimum atomic E-state index is -0.544. The molecular formula is C18H21FN2O2. The molecule has 1 atom stereocenters. The zero-order chi connectivity index (χ0) is 16.2. The Hall–Kier alpha value is -1.88. The molecule has 0 spiro atoms. The standard InChI is InChI=1S/C18H21FN2O2/c1-11-14-9-13(19)4-5-15(14)20-16(11)17(22)21-8-2-3-12(10-21)18(23)6-7-18/h4-5,9,12,20,23H,2-3,6-8,10H2,1H3. The number of halogens is 1. The number of carbonyl (C=O) groups is 1. The Morgan fingerprint density at radius 2 is 2.22 bits per heavy atom. The van der Waals surface area contributed by atoms with E-state index in [1.54, 1.807) is 6.07 Å². The fourth-order valence-corrected chi connectivity index (χ4v) is 3.81. The average Bonchev–Trinajstić information content (AvgIpc) is 3.23. The van der Waals surface area contributed by atoms with Crippen molar-refractivity contribution in [1.29, 1.82) is 0 Å². The third-order valence-corrected chi connectivity index (χ3v) is 5.46. The van der Waals surface area contributed by atoms with Crippen molar-refractivity contribution in [3.8, 4) is 0 Å². The summed E-state index contributed by atoms with van der Waals surface area (Å²) in [4.78, 5) is 17.9. The monoisotopic (exact) mass is 316 g/mol. The van der Waals surface area contributed by atoms with E-state index in [2.05, 4.69) is 4.98 Å². The first-order valence-corrected chi connectivity index (χ1v) is 8.27. The number of aromatic amines is 1. The highest BCUT2D eigenvalue weighted by Crippen LogP contribution is 2.45. The molecule has 1 aromatic heterocycles. The SMILES string of the molecule is Cc1c(C(=O)N2CCCC(C3(O)CC3)C2)[nH]c2ccc(F)cc12. The van der Waals surface area contributed by atoms with Gasteiger partial charge in [-0.1, -0.05) is 0 Å². The fourth-order valence-electron chi connectivity index (χ4n) is 3.81. The first-order chi connectivity index (χ1) is 11.0. The smallest absolute Gasteiger partial charge is 0.270 e. The van der Waals surface area contributed by atoms with Crippen LogP contribution in [0.5, 0.6) is 0 Å². The average molecular weight is 316 g/mol. The van der Waals surface area contributed by atoms with Crippen LogP contribution in [0, 0.1) is 18.7 Å². The van der Waals surface area contributed by atoms with Crippen LogP contribution in [0.2, 0.25) is 0 Å². The Morgan fingerprint density at radius 1 is 1.43 bits per heavy atom. The van der Waals surface area contributed by atoms with Crippen molar-refractivity contribution in [2.45, 2.75) is 38.2 Å². The number of amides is 1. The maximum absolute atomic E-state index is 13.4. The van der Waals surface area contributed by atoms with Gasteiger partial charge in [-0.05, 0) is 56.4 Å². The number of carbonyl (C=O) groups excluding carboxylic acids is 1. The lowest BCUT2D eigenvalue weighted by atomic mass is 9.90. The molecule has 1 aliphatic heterocycles. The Kier molecular flexibility index (Phi) is 3.23. The van der Waals surface area contributed by atoms with Crippen LogP contribution in [0.15, 0.2) is 18.2 Å². The highest BCUT2D eigenvalue weighted by Gasteiger charge is 2.49. The Bertz CT molecular complexity index is 779. The maximum Gasteiger partial charge on any atom is 0.270 e. The van der Waals surface area contributed by atoms with E-state index in [0.29, 0.717) is 18.8 Å². The van der Waals surface area contributed by atoms with Gasteiger partial charge in [-0.15, -0.1) is 0 Å². The highest BCUT2D eigenvalue weighted by atomic mass is 19.1. The van der Waals surface area contributed by atoms with Crippen molar-refractivity contribution in [3.05, 3.63) is 35.3 Å². The van der Waals surface area contributed by atoms with Crippen LogP contribution >= 0.6 is 0 Å². The third-order valence-electron chi connectivity index (χ3n) is 5.46. The molecule has 2 heterocycles. The number of aromatic nitrogens is 1. The van der Waals surface area contributed by atoms with Gasteiger partial charge in [-0.25, -0.2) is 4.39 Å². The molecule has 2 aliphatic rings. The molecule has 4 nitrogen and oxygen atoms in total. The Labute approximate surface area is 134 Å². The third kappa shape index (κ3) is 2.43. The molecule has 5 heteroatoms. The number of nitrogens with zero attached hydrogens (tertiary/aromatic N) is 1. The highest BCUT2D eigenvalue weighted by molar-refractivity contribution is 6.00. The van der Waals surface area contributed by atoms with E-state index < -0.39 is 5.60 Å². The van der Waals surface area contributed by atoms with Crippen LogP contribution in [0.3, 0.4) is 0 Å². The van der Waals surface area contributed by atoms with Gasteiger partial charge < -0.3 is 15.0 Å². The van der Waals surface area contributed by atoms with Gasteiger partial charge in [0, 0.05) is 29.9 Å².